The maximum Gasteiger partial charge on any atom is 0.280 e. The molecule has 28 heavy (non-hydrogen) atoms. The normalized spacial score (nSPS) is 38.0. The molecular weight excluding hydrogens is 380 g/mol. The minimum atomic E-state index is -3.69. The minimum absolute atomic E-state index is 0.154. The lowest BCUT2D eigenvalue weighted by Crippen LogP contribution is -2.53. The molecule has 6 unspecified atom stereocenters. The van der Waals surface area contributed by atoms with E-state index < -0.39 is 16.3 Å². The van der Waals surface area contributed by atoms with Gasteiger partial charge >= 0.3 is 0 Å². The molecule has 2 saturated carbocycles. The van der Waals surface area contributed by atoms with Gasteiger partial charge in [-0.05, 0) is 49.5 Å². The summed E-state index contributed by atoms with van der Waals surface area (Å²) in [6, 6.07) is 8.84. The van der Waals surface area contributed by atoms with E-state index in [1.165, 1.54) is 4.31 Å². The lowest BCUT2D eigenvalue weighted by molar-refractivity contribution is -0.109. The number of nitrogens with zero attached hydrogens (tertiary/aromatic N) is 1. The molecule has 0 radical (unpaired) electrons. The minimum Gasteiger partial charge on any atom is -0.393 e. The summed E-state index contributed by atoms with van der Waals surface area (Å²) in [5.74, 6) is 0.733. The molecule has 0 bridgehead atoms. The molecule has 1 heterocycles. The van der Waals surface area contributed by atoms with Crippen LogP contribution in [0.15, 0.2) is 30.3 Å². The standard InChI is InChI=1S/C20H28N2O5S/c23-12-17-11-22(28(25,26)21-17)19-9-15-6-7-18(24)8-16(15)10-20(19)27-13-14-4-2-1-3-5-14/h1-5,12,15-21,24H,6-11,13H2. The van der Waals surface area contributed by atoms with Crippen molar-refractivity contribution in [2.75, 3.05) is 6.54 Å². The molecule has 2 aliphatic carbocycles. The van der Waals surface area contributed by atoms with Crippen molar-refractivity contribution in [3.05, 3.63) is 35.9 Å². The number of carbonyl (C=O) groups is 1. The Hall–Kier alpha value is -1.32. The smallest absolute Gasteiger partial charge is 0.280 e. The molecule has 1 aromatic rings. The molecule has 3 aliphatic rings. The van der Waals surface area contributed by atoms with Gasteiger partial charge in [-0.15, -0.1) is 0 Å². The fourth-order valence-electron chi connectivity index (χ4n) is 5.05. The third-order valence-electron chi connectivity index (χ3n) is 6.45. The van der Waals surface area contributed by atoms with Crippen LogP contribution in [0.2, 0.25) is 0 Å². The Labute approximate surface area is 166 Å². The molecule has 0 aromatic heterocycles. The van der Waals surface area contributed by atoms with Crippen LogP contribution in [-0.4, -0.2) is 55.0 Å². The van der Waals surface area contributed by atoms with Crippen LogP contribution in [0.3, 0.4) is 0 Å². The molecule has 6 atom stereocenters. The summed E-state index contributed by atoms with van der Waals surface area (Å²) in [6.45, 7) is 0.572. The van der Waals surface area contributed by atoms with Gasteiger partial charge in [-0.1, -0.05) is 30.3 Å². The van der Waals surface area contributed by atoms with Crippen LogP contribution in [0.4, 0.5) is 0 Å². The Morgan fingerprint density at radius 2 is 1.93 bits per heavy atom. The summed E-state index contributed by atoms with van der Waals surface area (Å²) in [4.78, 5) is 11.2. The van der Waals surface area contributed by atoms with Crippen molar-refractivity contribution in [2.45, 2.75) is 63.0 Å². The highest BCUT2D eigenvalue weighted by molar-refractivity contribution is 7.87. The molecule has 4 rings (SSSR count). The zero-order chi connectivity index (χ0) is 19.7. The van der Waals surface area contributed by atoms with E-state index >= 15 is 0 Å². The lowest BCUT2D eigenvalue weighted by atomic mass is 9.67. The molecule has 0 spiro atoms. The van der Waals surface area contributed by atoms with Gasteiger partial charge in [0.2, 0.25) is 0 Å². The Balaban J connectivity index is 1.54. The van der Waals surface area contributed by atoms with Crippen molar-refractivity contribution in [3.8, 4) is 0 Å². The number of ether oxygens (including phenoxy) is 1. The van der Waals surface area contributed by atoms with E-state index in [0.717, 1.165) is 31.2 Å². The van der Waals surface area contributed by atoms with Crippen molar-refractivity contribution in [1.82, 2.24) is 9.03 Å². The number of hydrogen-bond acceptors (Lipinski definition) is 5. The van der Waals surface area contributed by atoms with Crippen molar-refractivity contribution < 1.29 is 23.1 Å². The molecule has 8 heteroatoms. The van der Waals surface area contributed by atoms with Crippen molar-refractivity contribution in [2.24, 2.45) is 11.8 Å². The van der Waals surface area contributed by atoms with E-state index in [1.54, 1.807) is 0 Å². The summed E-state index contributed by atoms with van der Waals surface area (Å²) >= 11 is 0. The summed E-state index contributed by atoms with van der Waals surface area (Å²) in [6.07, 6.45) is 4.00. The fraction of sp³-hybridized carbons (Fsp3) is 0.650. The van der Waals surface area contributed by atoms with Gasteiger partial charge in [0.1, 0.15) is 6.29 Å². The third kappa shape index (κ3) is 4.16. The summed E-state index contributed by atoms with van der Waals surface area (Å²) in [7, 11) is -3.69. The number of aliphatic hydroxyl groups is 1. The van der Waals surface area contributed by atoms with Crippen molar-refractivity contribution in [1.29, 1.82) is 0 Å². The highest BCUT2D eigenvalue weighted by Gasteiger charge is 2.48. The number of aldehydes is 1. The molecule has 0 amide bonds. The van der Waals surface area contributed by atoms with Crippen LogP contribution >= 0.6 is 0 Å². The number of fused-ring (bicyclic) bond motifs is 1. The van der Waals surface area contributed by atoms with E-state index in [4.69, 9.17) is 4.74 Å². The van der Waals surface area contributed by atoms with E-state index in [9.17, 15) is 18.3 Å². The topological polar surface area (TPSA) is 95.9 Å². The maximum atomic E-state index is 12.6. The highest BCUT2D eigenvalue weighted by atomic mass is 32.2. The number of nitrogens with one attached hydrogen (secondary N) is 1. The highest BCUT2D eigenvalue weighted by Crippen LogP contribution is 2.44. The maximum absolute atomic E-state index is 12.6. The molecule has 1 saturated heterocycles. The van der Waals surface area contributed by atoms with Crippen LogP contribution in [-0.2, 0) is 26.3 Å². The summed E-state index contributed by atoms with van der Waals surface area (Å²) < 4.78 is 35.4. The summed E-state index contributed by atoms with van der Waals surface area (Å²) in [5, 5.41) is 10.1. The first-order valence-electron chi connectivity index (χ1n) is 10.0. The summed E-state index contributed by atoms with van der Waals surface area (Å²) in [5.41, 5.74) is 1.04. The number of hydrogen-bond donors (Lipinski definition) is 2. The fourth-order valence-corrected chi connectivity index (χ4v) is 6.63. The quantitative estimate of drug-likeness (QED) is 0.715. The van der Waals surface area contributed by atoms with E-state index in [0.29, 0.717) is 31.1 Å². The Morgan fingerprint density at radius 3 is 2.64 bits per heavy atom. The van der Waals surface area contributed by atoms with Crippen molar-refractivity contribution in [3.63, 3.8) is 0 Å². The molecule has 3 fully saturated rings. The molecular formula is C20H28N2O5S. The van der Waals surface area contributed by atoms with E-state index in [1.807, 2.05) is 30.3 Å². The zero-order valence-electron chi connectivity index (χ0n) is 15.8. The SMILES string of the molecule is O=CC1CN(C2CC3CCC(O)CC3CC2OCc2ccccc2)S(=O)(=O)N1. The van der Waals surface area contributed by atoms with Gasteiger partial charge in [0, 0.05) is 6.54 Å². The second-order valence-electron chi connectivity index (χ2n) is 8.30. The first kappa shape index (κ1) is 20.0. The predicted octanol–water partition coefficient (Wildman–Crippen LogP) is 1.23. The van der Waals surface area contributed by atoms with Crippen LogP contribution in [0.25, 0.3) is 0 Å². The van der Waals surface area contributed by atoms with Crippen LogP contribution in [0, 0.1) is 11.8 Å². The van der Waals surface area contributed by atoms with Gasteiger partial charge in [-0.3, -0.25) is 0 Å². The van der Waals surface area contributed by atoms with E-state index in [-0.39, 0.29) is 24.8 Å². The number of benzene rings is 1. The van der Waals surface area contributed by atoms with E-state index in [2.05, 4.69) is 4.72 Å². The first-order chi connectivity index (χ1) is 13.5. The van der Waals surface area contributed by atoms with Gasteiger partial charge in [-0.25, -0.2) is 0 Å². The predicted molar refractivity (Wildman–Crippen MR) is 103 cm³/mol. The molecule has 1 aliphatic heterocycles. The first-order valence-corrected chi connectivity index (χ1v) is 11.5. The second-order valence-corrected chi connectivity index (χ2v) is 9.95. The van der Waals surface area contributed by atoms with Gasteiger partial charge in [0.15, 0.2) is 0 Å². The van der Waals surface area contributed by atoms with Crippen LogP contribution in [0.5, 0.6) is 0 Å². The Bertz CT molecular complexity index is 787. The van der Waals surface area contributed by atoms with Gasteiger partial charge < -0.3 is 14.6 Å². The third-order valence-corrected chi connectivity index (χ3v) is 8.09. The zero-order valence-corrected chi connectivity index (χ0v) is 16.6. The molecule has 154 valence electrons. The number of carbonyl (C=O) groups excluding carboxylic acids is 1. The number of rotatable bonds is 5. The van der Waals surface area contributed by atoms with Gasteiger partial charge in [0.05, 0.1) is 30.9 Å². The van der Waals surface area contributed by atoms with Crippen LogP contribution in [0.1, 0.15) is 37.7 Å². The average molecular weight is 409 g/mol. The van der Waals surface area contributed by atoms with Gasteiger partial charge in [-0.2, -0.15) is 17.4 Å². The molecule has 7 nitrogen and oxygen atoms in total. The monoisotopic (exact) mass is 408 g/mol. The Morgan fingerprint density at radius 1 is 1.14 bits per heavy atom. The van der Waals surface area contributed by atoms with Crippen molar-refractivity contribution >= 4 is 16.5 Å². The molecule has 2 N–H and O–H groups in total. The molecule has 1 aromatic carbocycles. The van der Waals surface area contributed by atoms with Gasteiger partial charge in [0.25, 0.3) is 10.2 Å². The largest absolute Gasteiger partial charge is 0.393 e. The number of aliphatic hydroxyl groups excluding tert-OH is 1. The second kappa shape index (κ2) is 8.20. The average Bonchev–Trinajstić information content (AvgIpc) is 3.00. The Kier molecular flexibility index (Phi) is 5.85. The lowest BCUT2D eigenvalue weighted by Gasteiger charge is -2.46. The van der Waals surface area contributed by atoms with Crippen LogP contribution < -0.4 is 4.72 Å².